The second-order valence-corrected chi connectivity index (χ2v) is 9.90. The van der Waals surface area contributed by atoms with Crippen molar-refractivity contribution in [2.24, 2.45) is 0 Å². The molecule has 2 saturated heterocycles. The Morgan fingerprint density at radius 1 is 1.16 bits per heavy atom. The maximum atomic E-state index is 15.1. The van der Waals surface area contributed by atoms with Crippen LogP contribution in [0.1, 0.15) is 6.92 Å². The Kier molecular flexibility index (Phi) is 7.80. The molecule has 0 bridgehead atoms. The molecule has 1 atom stereocenters. The molecule has 2 aromatic carbocycles. The number of hydrogen-bond donors (Lipinski definition) is 2. The number of hydrogen-bond acceptors (Lipinski definition) is 7. The van der Waals surface area contributed by atoms with Gasteiger partial charge in [-0.05, 0) is 42.5 Å². The van der Waals surface area contributed by atoms with Gasteiger partial charge >= 0.3 is 6.09 Å². The number of piperazine rings is 1. The third-order valence-corrected chi connectivity index (χ3v) is 7.09. The van der Waals surface area contributed by atoms with E-state index in [0.717, 1.165) is 42.8 Å². The third-order valence-electron chi connectivity index (χ3n) is 6.86. The zero-order valence-electron chi connectivity index (χ0n) is 21.1. The Balaban J connectivity index is 1.12. The van der Waals surface area contributed by atoms with Gasteiger partial charge in [-0.2, -0.15) is 0 Å². The number of halogens is 2. The molecule has 9 nitrogen and oxygen atoms in total. The Morgan fingerprint density at radius 3 is 2.74 bits per heavy atom. The molecule has 0 unspecified atom stereocenters. The zero-order chi connectivity index (χ0) is 26.6. The van der Waals surface area contributed by atoms with E-state index in [2.05, 4.69) is 20.5 Å². The number of nitrogens with zero attached hydrogens (tertiary/aromatic N) is 4. The summed E-state index contributed by atoms with van der Waals surface area (Å²) in [6, 6.07) is 12.5. The first kappa shape index (κ1) is 26.0. The van der Waals surface area contributed by atoms with Crippen LogP contribution in [-0.2, 0) is 9.53 Å². The highest BCUT2D eigenvalue weighted by Crippen LogP contribution is 2.29. The van der Waals surface area contributed by atoms with Gasteiger partial charge in [0.2, 0.25) is 5.91 Å². The van der Waals surface area contributed by atoms with Crippen LogP contribution < -0.4 is 20.4 Å². The normalized spacial score (nSPS) is 18.1. The average molecular weight is 541 g/mol. The average Bonchev–Trinajstić information content (AvgIpc) is 3.28. The largest absolute Gasteiger partial charge is 0.442 e. The van der Waals surface area contributed by atoms with Crippen LogP contribution >= 0.6 is 11.6 Å². The summed E-state index contributed by atoms with van der Waals surface area (Å²) in [5.41, 5.74) is 2.85. The van der Waals surface area contributed by atoms with Crippen LogP contribution in [0.4, 0.5) is 26.2 Å². The van der Waals surface area contributed by atoms with Crippen molar-refractivity contribution in [1.29, 1.82) is 0 Å². The number of anilines is 3. The van der Waals surface area contributed by atoms with Gasteiger partial charge in [0, 0.05) is 68.5 Å². The minimum Gasteiger partial charge on any atom is -0.442 e. The number of fused-ring (bicyclic) bond motifs is 1. The van der Waals surface area contributed by atoms with Crippen molar-refractivity contribution in [2.45, 2.75) is 13.0 Å². The van der Waals surface area contributed by atoms with Gasteiger partial charge < -0.3 is 20.3 Å². The summed E-state index contributed by atoms with van der Waals surface area (Å²) in [4.78, 5) is 33.5. The highest BCUT2D eigenvalue weighted by molar-refractivity contribution is 6.31. The molecule has 3 heterocycles. The lowest BCUT2D eigenvalue weighted by molar-refractivity contribution is -0.119. The van der Waals surface area contributed by atoms with Crippen LogP contribution in [0.25, 0.3) is 10.9 Å². The van der Waals surface area contributed by atoms with Crippen LogP contribution in [0.15, 0.2) is 48.7 Å². The first-order valence-corrected chi connectivity index (χ1v) is 13.0. The van der Waals surface area contributed by atoms with Crippen LogP contribution in [-0.4, -0.2) is 80.3 Å². The zero-order valence-corrected chi connectivity index (χ0v) is 21.9. The summed E-state index contributed by atoms with van der Waals surface area (Å²) in [6.45, 7) is 6.58. The monoisotopic (exact) mass is 540 g/mol. The van der Waals surface area contributed by atoms with Crippen LogP contribution in [0.3, 0.4) is 0 Å². The van der Waals surface area contributed by atoms with Gasteiger partial charge in [-0.3, -0.25) is 19.6 Å². The lowest BCUT2D eigenvalue weighted by atomic mass is 10.2. The number of aromatic nitrogens is 1. The summed E-state index contributed by atoms with van der Waals surface area (Å²) >= 11 is 6.08. The molecule has 2 fully saturated rings. The minimum absolute atomic E-state index is 0.195. The van der Waals surface area contributed by atoms with Crippen molar-refractivity contribution in [3.05, 3.63) is 59.5 Å². The summed E-state index contributed by atoms with van der Waals surface area (Å²) in [5, 5.41) is 7.83. The molecule has 11 heteroatoms. The molecule has 0 spiro atoms. The van der Waals surface area contributed by atoms with Crippen molar-refractivity contribution < 1.29 is 18.7 Å². The van der Waals surface area contributed by atoms with Crippen molar-refractivity contribution in [1.82, 2.24) is 15.2 Å². The fourth-order valence-electron chi connectivity index (χ4n) is 4.85. The number of carbonyl (C=O) groups excluding carboxylic acids is 2. The topological polar surface area (TPSA) is 90.0 Å². The quantitative estimate of drug-likeness (QED) is 0.450. The fraction of sp³-hybridized carbons (Fsp3) is 0.370. The van der Waals surface area contributed by atoms with E-state index in [1.165, 1.54) is 17.9 Å². The highest BCUT2D eigenvalue weighted by Gasteiger charge is 2.33. The minimum atomic E-state index is -0.543. The maximum Gasteiger partial charge on any atom is 0.414 e. The van der Waals surface area contributed by atoms with E-state index in [1.54, 1.807) is 18.3 Å². The number of ether oxygens (including phenoxy) is 1. The van der Waals surface area contributed by atoms with E-state index in [4.69, 9.17) is 16.3 Å². The Hall–Kier alpha value is -3.63. The molecule has 2 aliphatic heterocycles. The summed E-state index contributed by atoms with van der Waals surface area (Å²) in [5.74, 6) is -0.570. The predicted octanol–water partition coefficient (Wildman–Crippen LogP) is 3.72. The molecule has 2 N–H and O–H groups in total. The second-order valence-electron chi connectivity index (χ2n) is 9.46. The number of rotatable bonds is 8. The highest BCUT2D eigenvalue weighted by atomic mass is 35.5. The molecule has 5 rings (SSSR count). The number of carbonyl (C=O) groups is 2. The fourth-order valence-corrected chi connectivity index (χ4v) is 5.02. The first-order chi connectivity index (χ1) is 18.4. The number of pyridine rings is 1. The molecule has 0 saturated carbocycles. The predicted molar refractivity (Wildman–Crippen MR) is 147 cm³/mol. The van der Waals surface area contributed by atoms with Crippen LogP contribution in [0.5, 0.6) is 0 Å². The molecule has 38 heavy (non-hydrogen) atoms. The van der Waals surface area contributed by atoms with Crippen LogP contribution in [0, 0.1) is 5.82 Å². The van der Waals surface area contributed by atoms with Gasteiger partial charge in [0.05, 0.1) is 30.0 Å². The molecule has 2 aliphatic rings. The number of benzene rings is 2. The van der Waals surface area contributed by atoms with Gasteiger partial charge in [-0.1, -0.05) is 11.6 Å². The first-order valence-electron chi connectivity index (χ1n) is 12.6. The molecular weight excluding hydrogens is 511 g/mol. The Labute approximate surface area is 225 Å². The van der Waals surface area contributed by atoms with E-state index >= 15 is 4.39 Å². The summed E-state index contributed by atoms with van der Waals surface area (Å²) < 4.78 is 20.4. The lowest BCUT2D eigenvalue weighted by Gasteiger charge is -2.36. The summed E-state index contributed by atoms with van der Waals surface area (Å²) in [7, 11) is 0. The second kappa shape index (κ2) is 11.4. The number of cyclic esters (lactones) is 1. The molecule has 1 aromatic heterocycles. The van der Waals surface area contributed by atoms with Gasteiger partial charge in [0.1, 0.15) is 11.9 Å². The van der Waals surface area contributed by atoms with E-state index in [0.29, 0.717) is 29.5 Å². The third kappa shape index (κ3) is 5.92. The van der Waals surface area contributed by atoms with Crippen molar-refractivity contribution in [3.63, 3.8) is 0 Å². The molecule has 2 amide bonds. The van der Waals surface area contributed by atoms with E-state index in [1.807, 2.05) is 29.2 Å². The van der Waals surface area contributed by atoms with E-state index in [-0.39, 0.29) is 24.8 Å². The Bertz CT molecular complexity index is 1330. The molecule has 0 radical (unpaired) electrons. The van der Waals surface area contributed by atoms with Gasteiger partial charge in [-0.15, -0.1) is 0 Å². The Morgan fingerprint density at radius 2 is 1.97 bits per heavy atom. The molecule has 3 aromatic rings. The van der Waals surface area contributed by atoms with Crippen molar-refractivity contribution in [3.8, 4) is 0 Å². The van der Waals surface area contributed by atoms with Gasteiger partial charge in [0.25, 0.3) is 0 Å². The molecule has 200 valence electrons. The van der Waals surface area contributed by atoms with Crippen molar-refractivity contribution in [2.75, 3.05) is 67.5 Å². The van der Waals surface area contributed by atoms with Gasteiger partial charge in [-0.25, -0.2) is 9.18 Å². The molecule has 0 aliphatic carbocycles. The SMILES string of the molecule is CC(=O)NC[C@H]1CN(c2ccc(N3CCN(CCNc4ccnc5cc(Cl)ccc45)CC3)c(F)c2)C(=O)O1. The lowest BCUT2D eigenvalue weighted by Crippen LogP contribution is -2.47. The standard InChI is InChI=1S/C27H30ClFN6O3/c1-18(36)32-16-21-17-35(27(37)38-21)20-3-5-26(23(29)15-20)34-12-10-33(11-13-34)9-8-31-24-6-7-30-25-14-19(28)2-4-22(24)25/h2-7,14-15,21H,8-13,16-17H2,1H3,(H,30,31)(H,32,36)/t21-/m0/s1. The van der Waals surface area contributed by atoms with E-state index in [9.17, 15) is 9.59 Å². The maximum absolute atomic E-state index is 15.1. The summed E-state index contributed by atoms with van der Waals surface area (Å²) in [6.07, 6.45) is 0.766. The smallest absolute Gasteiger partial charge is 0.414 e. The van der Waals surface area contributed by atoms with Gasteiger partial charge in [0.15, 0.2) is 0 Å². The van der Waals surface area contributed by atoms with Crippen LogP contribution in [0.2, 0.25) is 5.02 Å². The molecular formula is C27H30ClFN6O3. The number of nitrogens with one attached hydrogen (secondary N) is 2. The number of amides is 2. The van der Waals surface area contributed by atoms with E-state index < -0.39 is 12.2 Å². The van der Waals surface area contributed by atoms with Crippen molar-refractivity contribution >= 4 is 51.6 Å².